The van der Waals surface area contributed by atoms with Crippen LogP contribution < -0.4 is 9.47 Å². The number of hydrogen-bond acceptors (Lipinski definition) is 4. The summed E-state index contributed by atoms with van der Waals surface area (Å²) in [6.07, 6.45) is 0.223. The zero-order chi connectivity index (χ0) is 20.7. The van der Waals surface area contributed by atoms with Gasteiger partial charge in [0.1, 0.15) is 5.82 Å². The molecule has 2 aromatic carbocycles. The summed E-state index contributed by atoms with van der Waals surface area (Å²) in [5.74, 6) is 0.743. The number of methoxy groups -OCH3 is 2. The van der Waals surface area contributed by atoms with E-state index in [9.17, 15) is 14.3 Å². The summed E-state index contributed by atoms with van der Waals surface area (Å²) in [5, 5.41) is 10.5. The Morgan fingerprint density at radius 3 is 2.25 bits per heavy atom. The zero-order valence-corrected chi connectivity index (χ0v) is 16.8. The van der Waals surface area contributed by atoms with E-state index in [1.165, 1.54) is 24.1 Å². The number of carbonyl (C=O) groups excluding carboxylic acids is 1. The van der Waals surface area contributed by atoms with Crippen LogP contribution in [0.1, 0.15) is 42.9 Å². The molecule has 0 spiro atoms. The van der Waals surface area contributed by atoms with Gasteiger partial charge in [0.2, 0.25) is 5.91 Å². The van der Waals surface area contributed by atoms with Crippen molar-refractivity contribution in [2.45, 2.75) is 31.8 Å². The Bertz CT molecular complexity index is 779. The molecule has 152 valence electrons. The Balaban J connectivity index is 2.01. The number of benzene rings is 2. The van der Waals surface area contributed by atoms with E-state index >= 15 is 0 Å². The quantitative estimate of drug-likeness (QED) is 0.706. The lowest BCUT2D eigenvalue weighted by molar-refractivity contribution is -0.131. The average Bonchev–Trinajstić information content (AvgIpc) is 2.71. The molecule has 1 amide bonds. The summed E-state index contributed by atoms with van der Waals surface area (Å²) in [6, 6.07) is 11.4. The van der Waals surface area contributed by atoms with Crippen LogP contribution in [-0.4, -0.2) is 43.7 Å². The monoisotopic (exact) mass is 389 g/mol. The summed E-state index contributed by atoms with van der Waals surface area (Å²) in [4.78, 5) is 14.2. The standard InChI is InChI=1S/C22H28FNO4/c1-5-15(16-6-9-18(23)10-7-16)13-22(26)24(2)14-19(25)17-8-11-20(27-3)21(12-17)28-4/h6-12,15,19,25H,5,13-14H2,1-4H3. The fourth-order valence-corrected chi connectivity index (χ4v) is 3.13. The molecule has 0 saturated carbocycles. The first-order chi connectivity index (χ1) is 13.4. The summed E-state index contributed by atoms with van der Waals surface area (Å²) in [6.45, 7) is 2.16. The van der Waals surface area contributed by atoms with Crippen molar-refractivity contribution >= 4 is 5.91 Å². The fraction of sp³-hybridized carbons (Fsp3) is 0.409. The van der Waals surface area contributed by atoms with Crippen LogP contribution in [0.25, 0.3) is 0 Å². The maximum Gasteiger partial charge on any atom is 0.223 e. The number of carbonyl (C=O) groups is 1. The van der Waals surface area contributed by atoms with Gasteiger partial charge < -0.3 is 19.5 Å². The molecule has 6 heteroatoms. The smallest absolute Gasteiger partial charge is 0.223 e. The van der Waals surface area contributed by atoms with Gasteiger partial charge in [0, 0.05) is 13.5 Å². The number of halogens is 1. The van der Waals surface area contributed by atoms with Crippen LogP contribution in [-0.2, 0) is 4.79 Å². The Hall–Kier alpha value is -2.60. The van der Waals surface area contributed by atoms with Gasteiger partial charge in [0.25, 0.3) is 0 Å². The van der Waals surface area contributed by atoms with E-state index in [2.05, 4.69) is 0 Å². The minimum Gasteiger partial charge on any atom is -0.493 e. The first-order valence-corrected chi connectivity index (χ1v) is 9.29. The molecular formula is C22H28FNO4. The number of hydrogen-bond donors (Lipinski definition) is 1. The Morgan fingerprint density at radius 2 is 1.68 bits per heavy atom. The molecule has 2 aromatic rings. The zero-order valence-electron chi connectivity index (χ0n) is 16.8. The first kappa shape index (κ1) is 21.7. The van der Waals surface area contributed by atoms with Crippen LogP contribution in [0.3, 0.4) is 0 Å². The minimum absolute atomic E-state index is 0.00812. The largest absolute Gasteiger partial charge is 0.493 e. The summed E-state index contributed by atoms with van der Waals surface area (Å²) in [5.41, 5.74) is 1.58. The normalized spacial score (nSPS) is 12.9. The number of amides is 1. The first-order valence-electron chi connectivity index (χ1n) is 9.29. The third-order valence-electron chi connectivity index (χ3n) is 4.92. The molecule has 2 unspecified atom stereocenters. The molecule has 2 rings (SSSR count). The van der Waals surface area contributed by atoms with Gasteiger partial charge in [-0.2, -0.15) is 0 Å². The Morgan fingerprint density at radius 1 is 1.07 bits per heavy atom. The van der Waals surface area contributed by atoms with Crippen LogP contribution >= 0.6 is 0 Å². The van der Waals surface area contributed by atoms with E-state index in [4.69, 9.17) is 9.47 Å². The lowest BCUT2D eigenvalue weighted by Gasteiger charge is -2.24. The SMILES string of the molecule is CCC(CC(=O)N(C)CC(O)c1ccc(OC)c(OC)c1)c1ccc(F)cc1. The third-order valence-corrected chi connectivity index (χ3v) is 4.92. The highest BCUT2D eigenvalue weighted by Crippen LogP contribution is 2.30. The maximum atomic E-state index is 13.1. The highest BCUT2D eigenvalue weighted by Gasteiger charge is 2.20. The van der Waals surface area contributed by atoms with Crippen molar-refractivity contribution in [2.75, 3.05) is 27.8 Å². The van der Waals surface area contributed by atoms with Gasteiger partial charge in [-0.15, -0.1) is 0 Å². The predicted octanol–water partition coefficient (Wildman–Crippen LogP) is 3.92. The van der Waals surface area contributed by atoms with Crippen LogP contribution in [0.15, 0.2) is 42.5 Å². The maximum absolute atomic E-state index is 13.1. The van der Waals surface area contributed by atoms with Crippen molar-refractivity contribution in [1.29, 1.82) is 0 Å². The average molecular weight is 389 g/mol. The molecular weight excluding hydrogens is 361 g/mol. The predicted molar refractivity (Wildman–Crippen MR) is 106 cm³/mol. The molecule has 0 heterocycles. The summed E-state index contributed by atoms with van der Waals surface area (Å²) >= 11 is 0. The highest BCUT2D eigenvalue weighted by atomic mass is 19.1. The van der Waals surface area contributed by atoms with Gasteiger partial charge in [-0.25, -0.2) is 4.39 Å². The number of likely N-dealkylation sites (N-methyl/N-ethyl adjacent to an activating group) is 1. The van der Waals surface area contributed by atoms with Gasteiger partial charge in [-0.3, -0.25) is 4.79 Å². The molecule has 0 saturated heterocycles. The molecule has 0 fully saturated rings. The Kier molecular flexibility index (Phi) is 7.81. The van der Waals surface area contributed by atoms with E-state index in [1.807, 2.05) is 6.92 Å². The summed E-state index contributed by atoms with van der Waals surface area (Å²) < 4.78 is 23.6. The molecule has 0 aliphatic heterocycles. The second-order valence-electron chi connectivity index (χ2n) is 6.77. The highest BCUT2D eigenvalue weighted by molar-refractivity contribution is 5.77. The molecule has 0 aromatic heterocycles. The van der Waals surface area contributed by atoms with Gasteiger partial charge in [0.05, 0.1) is 26.9 Å². The summed E-state index contributed by atoms with van der Waals surface area (Å²) in [7, 11) is 4.75. The van der Waals surface area contributed by atoms with Crippen molar-refractivity contribution in [3.05, 3.63) is 59.4 Å². The van der Waals surface area contributed by atoms with Gasteiger partial charge >= 0.3 is 0 Å². The van der Waals surface area contributed by atoms with Crippen LogP contribution in [0.2, 0.25) is 0 Å². The minimum atomic E-state index is -0.848. The molecule has 1 N–H and O–H groups in total. The van der Waals surface area contributed by atoms with E-state index in [0.29, 0.717) is 23.5 Å². The number of nitrogens with zero attached hydrogens (tertiary/aromatic N) is 1. The molecule has 0 aliphatic carbocycles. The van der Waals surface area contributed by atoms with E-state index in [0.717, 1.165) is 12.0 Å². The van der Waals surface area contributed by atoms with Crippen LogP contribution in [0, 0.1) is 5.82 Å². The Labute approximate surface area is 165 Å². The molecule has 2 atom stereocenters. The number of ether oxygens (including phenoxy) is 2. The molecule has 5 nitrogen and oxygen atoms in total. The molecule has 0 radical (unpaired) electrons. The van der Waals surface area contributed by atoms with Crippen molar-refractivity contribution in [2.24, 2.45) is 0 Å². The fourth-order valence-electron chi connectivity index (χ4n) is 3.13. The van der Waals surface area contributed by atoms with Gasteiger partial charge in [0.15, 0.2) is 11.5 Å². The van der Waals surface area contributed by atoms with Crippen molar-refractivity contribution < 1.29 is 23.8 Å². The van der Waals surface area contributed by atoms with E-state index < -0.39 is 6.10 Å². The van der Waals surface area contributed by atoms with Crippen LogP contribution in [0.5, 0.6) is 11.5 Å². The number of aliphatic hydroxyl groups is 1. The van der Waals surface area contributed by atoms with Crippen LogP contribution in [0.4, 0.5) is 4.39 Å². The van der Waals surface area contributed by atoms with E-state index in [1.54, 1.807) is 44.5 Å². The molecule has 28 heavy (non-hydrogen) atoms. The topological polar surface area (TPSA) is 59.0 Å². The van der Waals surface area contributed by atoms with Gasteiger partial charge in [-0.05, 0) is 47.7 Å². The number of aliphatic hydroxyl groups excluding tert-OH is 1. The lowest BCUT2D eigenvalue weighted by Crippen LogP contribution is -2.32. The van der Waals surface area contributed by atoms with Crippen molar-refractivity contribution in [3.63, 3.8) is 0 Å². The second-order valence-corrected chi connectivity index (χ2v) is 6.77. The van der Waals surface area contributed by atoms with Crippen molar-refractivity contribution in [3.8, 4) is 11.5 Å². The van der Waals surface area contributed by atoms with Gasteiger partial charge in [-0.1, -0.05) is 25.1 Å². The number of rotatable bonds is 9. The third kappa shape index (κ3) is 5.45. The van der Waals surface area contributed by atoms with E-state index in [-0.39, 0.29) is 24.2 Å². The molecule has 0 bridgehead atoms. The second kappa shape index (κ2) is 10.1. The van der Waals surface area contributed by atoms with Crippen molar-refractivity contribution in [1.82, 2.24) is 4.90 Å². The molecule has 0 aliphatic rings. The lowest BCUT2D eigenvalue weighted by atomic mass is 9.92.